The van der Waals surface area contributed by atoms with Crippen molar-refractivity contribution < 1.29 is 4.74 Å². The quantitative estimate of drug-likeness (QED) is 0.575. The predicted molar refractivity (Wildman–Crippen MR) is 71.5 cm³/mol. The van der Waals surface area contributed by atoms with Gasteiger partial charge in [-0.05, 0) is 20.9 Å². The minimum absolute atomic E-state index is 0.913. The van der Waals surface area contributed by atoms with Crippen molar-refractivity contribution in [3.8, 4) is 0 Å². The average Bonchev–Trinajstić information content (AvgIpc) is 2.35. The Morgan fingerprint density at radius 3 is 1.33 bits per heavy atom. The average molecular weight is 217 g/mol. The van der Waals surface area contributed by atoms with Crippen molar-refractivity contribution in [1.29, 1.82) is 0 Å². The van der Waals surface area contributed by atoms with Crippen LogP contribution >= 0.6 is 0 Å². The van der Waals surface area contributed by atoms with E-state index in [4.69, 9.17) is 4.74 Å². The minimum atomic E-state index is 0.913. The van der Waals surface area contributed by atoms with Gasteiger partial charge in [0, 0.05) is 13.1 Å². The molecule has 94 valence electrons. The van der Waals surface area contributed by atoms with Gasteiger partial charge in [-0.25, -0.2) is 0 Å². The number of hydrogen-bond donors (Lipinski definition) is 0. The van der Waals surface area contributed by atoms with E-state index in [0.29, 0.717) is 0 Å². The summed E-state index contributed by atoms with van der Waals surface area (Å²) in [6.45, 7) is 16.0. The van der Waals surface area contributed by atoms with Crippen molar-refractivity contribution in [3.63, 3.8) is 0 Å². The fourth-order valence-electron chi connectivity index (χ4n) is 0.655. The molecule has 0 atom stereocenters. The van der Waals surface area contributed by atoms with E-state index < -0.39 is 0 Å². The summed E-state index contributed by atoms with van der Waals surface area (Å²) < 4.78 is 5.10. The zero-order valence-electron chi connectivity index (χ0n) is 11.8. The molecular weight excluding hydrogens is 186 g/mol. The molecule has 1 rings (SSSR count). The molecule has 0 unspecified atom stereocenters. The van der Waals surface area contributed by atoms with Crippen molar-refractivity contribution >= 4 is 0 Å². The third-order valence-electron chi connectivity index (χ3n) is 1.57. The van der Waals surface area contributed by atoms with Crippen LogP contribution in [0.25, 0.3) is 0 Å². The van der Waals surface area contributed by atoms with Gasteiger partial charge in [0.05, 0.1) is 13.2 Å². The standard InChI is InChI=1S/C5H11NO.C4H8.2C2H6/c1-6-2-4-7-5-3-6;1-3-4-2;2*1-2/h2-5H2,1H3;3-4H,1-2H3;2*1-2H3/b;4-3-;;. The van der Waals surface area contributed by atoms with Crippen LogP contribution in [-0.2, 0) is 4.74 Å². The Morgan fingerprint density at radius 2 is 1.20 bits per heavy atom. The highest BCUT2D eigenvalue weighted by Crippen LogP contribution is 1.89. The van der Waals surface area contributed by atoms with E-state index in [-0.39, 0.29) is 0 Å². The van der Waals surface area contributed by atoms with Gasteiger partial charge in [-0.2, -0.15) is 0 Å². The van der Waals surface area contributed by atoms with Gasteiger partial charge in [-0.1, -0.05) is 39.8 Å². The van der Waals surface area contributed by atoms with Crippen molar-refractivity contribution in [2.75, 3.05) is 33.4 Å². The molecule has 0 amide bonds. The van der Waals surface area contributed by atoms with Crippen molar-refractivity contribution in [2.45, 2.75) is 41.5 Å². The first-order chi connectivity index (χ1) is 7.31. The van der Waals surface area contributed by atoms with Crippen LogP contribution < -0.4 is 0 Å². The molecule has 1 heterocycles. The summed E-state index contributed by atoms with van der Waals surface area (Å²) >= 11 is 0. The molecule has 0 bridgehead atoms. The van der Waals surface area contributed by atoms with Gasteiger partial charge < -0.3 is 9.64 Å². The fourth-order valence-corrected chi connectivity index (χ4v) is 0.655. The van der Waals surface area contributed by atoms with Crippen LogP contribution in [0.3, 0.4) is 0 Å². The van der Waals surface area contributed by atoms with Gasteiger partial charge in [-0.15, -0.1) is 0 Å². The van der Waals surface area contributed by atoms with E-state index in [9.17, 15) is 0 Å². The molecule has 0 aromatic carbocycles. The third kappa shape index (κ3) is 24.8. The highest BCUT2D eigenvalue weighted by molar-refractivity contribution is 4.68. The van der Waals surface area contributed by atoms with Crippen LogP contribution in [0.5, 0.6) is 0 Å². The molecule has 1 aliphatic heterocycles. The highest BCUT2D eigenvalue weighted by atomic mass is 16.5. The summed E-state index contributed by atoms with van der Waals surface area (Å²) in [5.74, 6) is 0. The maximum Gasteiger partial charge on any atom is 0.0594 e. The summed E-state index contributed by atoms with van der Waals surface area (Å²) in [6.07, 6.45) is 4.00. The van der Waals surface area contributed by atoms with E-state index in [1.165, 1.54) is 0 Å². The second-order valence-corrected chi connectivity index (χ2v) is 2.58. The minimum Gasteiger partial charge on any atom is -0.379 e. The maximum atomic E-state index is 5.10. The fraction of sp³-hybridized carbons (Fsp3) is 0.846. The molecule has 1 saturated heterocycles. The van der Waals surface area contributed by atoms with Crippen molar-refractivity contribution in [2.24, 2.45) is 0 Å². The number of rotatable bonds is 0. The van der Waals surface area contributed by atoms with Crippen LogP contribution in [0.15, 0.2) is 12.2 Å². The Morgan fingerprint density at radius 1 is 0.867 bits per heavy atom. The lowest BCUT2D eigenvalue weighted by atomic mass is 10.5. The number of ether oxygens (including phenoxy) is 1. The molecule has 0 radical (unpaired) electrons. The normalized spacial score (nSPS) is 15.1. The SMILES string of the molecule is C/C=C\C.CC.CC.CN1CCOCC1. The van der Waals surface area contributed by atoms with Crippen LogP contribution in [-0.4, -0.2) is 38.3 Å². The molecule has 0 saturated carbocycles. The second kappa shape index (κ2) is 23.5. The van der Waals surface area contributed by atoms with Gasteiger partial charge >= 0.3 is 0 Å². The van der Waals surface area contributed by atoms with E-state index >= 15 is 0 Å². The summed E-state index contributed by atoms with van der Waals surface area (Å²) in [6, 6.07) is 0. The van der Waals surface area contributed by atoms with Crippen LogP contribution in [0.4, 0.5) is 0 Å². The number of hydrogen-bond acceptors (Lipinski definition) is 2. The van der Waals surface area contributed by atoms with Crippen molar-refractivity contribution in [1.82, 2.24) is 4.90 Å². The Bertz CT molecular complexity index is 92.7. The molecule has 0 aromatic rings. The number of nitrogens with zero attached hydrogens (tertiary/aromatic N) is 1. The summed E-state index contributed by atoms with van der Waals surface area (Å²) in [5, 5.41) is 0. The molecule has 2 nitrogen and oxygen atoms in total. The number of morpholine rings is 1. The van der Waals surface area contributed by atoms with Gasteiger partial charge in [-0.3, -0.25) is 0 Å². The first kappa shape index (κ1) is 20.1. The zero-order chi connectivity index (χ0) is 12.5. The van der Waals surface area contributed by atoms with Crippen molar-refractivity contribution in [3.05, 3.63) is 12.2 Å². The molecule has 0 spiro atoms. The summed E-state index contributed by atoms with van der Waals surface area (Å²) in [7, 11) is 2.11. The Hall–Kier alpha value is -0.340. The molecule has 15 heavy (non-hydrogen) atoms. The lowest BCUT2D eigenvalue weighted by Crippen LogP contribution is -2.32. The van der Waals surface area contributed by atoms with Crippen LogP contribution in [0.1, 0.15) is 41.5 Å². The Balaban J connectivity index is -0.000000156. The van der Waals surface area contributed by atoms with E-state index in [0.717, 1.165) is 26.3 Å². The Kier molecular flexibility index (Phi) is 31.5. The maximum absolute atomic E-state index is 5.10. The first-order valence-corrected chi connectivity index (χ1v) is 6.15. The van der Waals surface area contributed by atoms with Crippen LogP contribution in [0, 0.1) is 0 Å². The first-order valence-electron chi connectivity index (χ1n) is 6.15. The monoisotopic (exact) mass is 217 g/mol. The number of likely N-dealkylation sites (N-methyl/N-ethyl adjacent to an activating group) is 1. The van der Waals surface area contributed by atoms with Gasteiger partial charge in [0.1, 0.15) is 0 Å². The molecule has 2 heteroatoms. The van der Waals surface area contributed by atoms with Gasteiger partial charge in [0.15, 0.2) is 0 Å². The molecule has 1 fully saturated rings. The lowest BCUT2D eigenvalue weighted by Gasteiger charge is -2.21. The highest BCUT2D eigenvalue weighted by Gasteiger charge is 2.02. The van der Waals surface area contributed by atoms with Gasteiger partial charge in [0.25, 0.3) is 0 Å². The molecule has 1 aliphatic rings. The smallest absolute Gasteiger partial charge is 0.0594 e. The molecule has 0 N–H and O–H groups in total. The van der Waals surface area contributed by atoms with E-state index in [1.807, 2.05) is 53.7 Å². The summed E-state index contributed by atoms with van der Waals surface area (Å²) in [5.41, 5.74) is 0. The molecular formula is C13H31NO. The molecule has 0 aromatic heterocycles. The van der Waals surface area contributed by atoms with Crippen LogP contribution in [0.2, 0.25) is 0 Å². The Labute approximate surface area is 97.3 Å². The van der Waals surface area contributed by atoms with E-state index in [2.05, 4.69) is 11.9 Å². The second-order valence-electron chi connectivity index (χ2n) is 2.58. The summed E-state index contributed by atoms with van der Waals surface area (Å²) in [4.78, 5) is 2.27. The number of allylic oxidation sites excluding steroid dienone is 2. The third-order valence-corrected chi connectivity index (χ3v) is 1.57. The topological polar surface area (TPSA) is 12.5 Å². The predicted octanol–water partition coefficient (Wildman–Crippen LogP) is 3.58. The largest absolute Gasteiger partial charge is 0.379 e. The van der Waals surface area contributed by atoms with E-state index in [1.54, 1.807) is 0 Å². The van der Waals surface area contributed by atoms with Gasteiger partial charge in [0.2, 0.25) is 0 Å². The lowest BCUT2D eigenvalue weighted by molar-refractivity contribution is 0.0503. The molecule has 0 aliphatic carbocycles. The zero-order valence-corrected chi connectivity index (χ0v) is 11.8.